The predicted molar refractivity (Wildman–Crippen MR) is 101 cm³/mol. The molecule has 0 spiro atoms. The van der Waals surface area contributed by atoms with Crippen LogP contribution in [-0.4, -0.2) is 17.5 Å². The summed E-state index contributed by atoms with van der Waals surface area (Å²) in [5, 5.41) is 8.88. The van der Waals surface area contributed by atoms with Crippen molar-refractivity contribution in [3.8, 4) is 22.9 Å². The maximum Gasteiger partial charge on any atom is 0.326 e. The van der Waals surface area contributed by atoms with Gasteiger partial charge in [-0.05, 0) is 53.6 Å². The lowest BCUT2D eigenvalue weighted by Crippen LogP contribution is -2.46. The molecule has 2 aromatic carbocycles. The quantitative estimate of drug-likeness (QED) is 0.354. The van der Waals surface area contributed by atoms with Crippen LogP contribution in [0.2, 0.25) is 0 Å². The first-order valence-electron chi connectivity index (χ1n) is 9.23. The zero-order valence-electron chi connectivity index (χ0n) is 15.7. The molecule has 5 heteroatoms. The SMILES string of the molecule is CC1(C)C2CCC1(C(=O)Oc1ccc(-c3ccc(C#N)cc3)cc1)C(=O)C2=O. The average Bonchev–Trinajstić information content (AvgIpc) is 3.05. The number of benzene rings is 2. The molecule has 0 saturated heterocycles. The van der Waals surface area contributed by atoms with E-state index in [0.717, 1.165) is 11.1 Å². The van der Waals surface area contributed by atoms with Crippen molar-refractivity contribution in [2.75, 3.05) is 0 Å². The van der Waals surface area contributed by atoms with Crippen molar-refractivity contribution in [2.45, 2.75) is 26.7 Å². The average molecular weight is 373 g/mol. The molecule has 0 N–H and O–H groups in total. The summed E-state index contributed by atoms with van der Waals surface area (Å²) in [6.45, 7) is 3.62. The zero-order chi connectivity index (χ0) is 20.1. The second-order valence-electron chi connectivity index (χ2n) is 8.01. The summed E-state index contributed by atoms with van der Waals surface area (Å²) in [4.78, 5) is 37.7. The van der Waals surface area contributed by atoms with E-state index in [1.54, 1.807) is 24.3 Å². The molecule has 4 rings (SSSR count). The van der Waals surface area contributed by atoms with Crippen molar-refractivity contribution in [3.63, 3.8) is 0 Å². The van der Waals surface area contributed by atoms with Gasteiger partial charge in [0.05, 0.1) is 11.6 Å². The van der Waals surface area contributed by atoms with Crippen molar-refractivity contribution in [1.82, 2.24) is 0 Å². The van der Waals surface area contributed by atoms with Gasteiger partial charge in [-0.3, -0.25) is 14.4 Å². The van der Waals surface area contributed by atoms with Crippen LogP contribution >= 0.6 is 0 Å². The summed E-state index contributed by atoms with van der Waals surface area (Å²) < 4.78 is 5.55. The Hall–Kier alpha value is -3.26. The number of ether oxygens (including phenoxy) is 1. The molecule has 2 saturated carbocycles. The molecule has 0 amide bonds. The summed E-state index contributed by atoms with van der Waals surface area (Å²) in [5.41, 5.74) is 0.339. The molecule has 2 unspecified atom stereocenters. The van der Waals surface area contributed by atoms with Crippen molar-refractivity contribution in [3.05, 3.63) is 54.1 Å². The van der Waals surface area contributed by atoms with E-state index in [0.29, 0.717) is 24.2 Å². The third kappa shape index (κ3) is 2.34. The number of hydrogen-bond donors (Lipinski definition) is 0. The van der Waals surface area contributed by atoms with Gasteiger partial charge in [0.15, 0.2) is 0 Å². The molecule has 2 aliphatic carbocycles. The molecule has 2 bridgehead atoms. The van der Waals surface area contributed by atoms with E-state index in [-0.39, 0.29) is 0 Å². The zero-order valence-corrected chi connectivity index (χ0v) is 15.7. The van der Waals surface area contributed by atoms with Gasteiger partial charge in [-0.15, -0.1) is 0 Å². The standard InChI is InChI=1S/C23H19NO4/c1-22(2)18-11-12-23(22,20(26)19(18)25)21(27)28-17-9-7-16(8-10-17)15-5-3-14(13-24)4-6-15/h3-10,18H,11-12H2,1-2H3. The Morgan fingerprint density at radius 2 is 1.61 bits per heavy atom. The van der Waals surface area contributed by atoms with Gasteiger partial charge in [0.2, 0.25) is 11.6 Å². The number of ketones is 2. The number of rotatable bonds is 3. The lowest BCUT2D eigenvalue weighted by Gasteiger charge is -2.32. The summed E-state index contributed by atoms with van der Waals surface area (Å²) in [7, 11) is 0. The minimum atomic E-state index is -1.37. The topological polar surface area (TPSA) is 84.2 Å². The van der Waals surface area contributed by atoms with Crippen LogP contribution in [0.15, 0.2) is 48.5 Å². The van der Waals surface area contributed by atoms with Gasteiger partial charge in [-0.1, -0.05) is 38.1 Å². The summed E-state index contributed by atoms with van der Waals surface area (Å²) in [5.74, 6) is -1.74. The Bertz CT molecular complexity index is 1030. The fraction of sp³-hybridized carbons (Fsp3) is 0.304. The van der Waals surface area contributed by atoms with E-state index in [2.05, 4.69) is 6.07 Å². The first-order chi connectivity index (χ1) is 13.3. The minimum Gasteiger partial charge on any atom is -0.426 e. The Kier molecular flexibility index (Phi) is 3.97. The Morgan fingerprint density at radius 1 is 1.04 bits per heavy atom. The molecule has 140 valence electrons. The molecule has 5 nitrogen and oxygen atoms in total. The molecule has 0 heterocycles. The lowest BCUT2D eigenvalue weighted by atomic mass is 9.69. The Balaban J connectivity index is 1.56. The van der Waals surface area contributed by atoms with Crippen LogP contribution < -0.4 is 4.74 Å². The molecule has 2 aromatic rings. The third-order valence-electron chi connectivity index (χ3n) is 6.47. The van der Waals surface area contributed by atoms with Crippen LogP contribution in [0.25, 0.3) is 11.1 Å². The van der Waals surface area contributed by atoms with Crippen LogP contribution in [-0.2, 0) is 14.4 Å². The van der Waals surface area contributed by atoms with Gasteiger partial charge < -0.3 is 4.74 Å². The van der Waals surface area contributed by atoms with E-state index >= 15 is 0 Å². The largest absolute Gasteiger partial charge is 0.426 e. The molecular weight excluding hydrogens is 354 g/mol. The second-order valence-corrected chi connectivity index (χ2v) is 8.01. The molecule has 0 radical (unpaired) electrons. The predicted octanol–water partition coefficient (Wildman–Crippen LogP) is 3.71. The van der Waals surface area contributed by atoms with Crippen LogP contribution in [0.1, 0.15) is 32.3 Å². The Labute approximate surface area is 162 Å². The summed E-state index contributed by atoms with van der Waals surface area (Å²) in [6.07, 6.45) is 0.904. The molecule has 0 aromatic heterocycles. The van der Waals surface area contributed by atoms with Gasteiger partial charge in [0.1, 0.15) is 11.2 Å². The number of Topliss-reactive ketones (excluding diaryl/α,β-unsaturated/α-hetero) is 2. The van der Waals surface area contributed by atoms with Crippen LogP contribution in [0.5, 0.6) is 5.75 Å². The van der Waals surface area contributed by atoms with E-state index < -0.39 is 34.3 Å². The smallest absolute Gasteiger partial charge is 0.326 e. The highest BCUT2D eigenvalue weighted by atomic mass is 16.5. The number of nitrogens with zero attached hydrogens (tertiary/aromatic N) is 1. The normalized spacial score (nSPS) is 24.8. The van der Waals surface area contributed by atoms with Crippen molar-refractivity contribution < 1.29 is 19.1 Å². The summed E-state index contributed by atoms with van der Waals surface area (Å²) >= 11 is 0. The molecule has 2 aliphatic rings. The monoisotopic (exact) mass is 373 g/mol. The first-order valence-corrected chi connectivity index (χ1v) is 9.23. The first kappa shape index (κ1) is 18.1. The number of esters is 1. The lowest BCUT2D eigenvalue weighted by molar-refractivity contribution is -0.157. The highest BCUT2D eigenvalue weighted by molar-refractivity contribution is 6.47. The Morgan fingerprint density at radius 3 is 2.11 bits per heavy atom. The highest BCUT2D eigenvalue weighted by Gasteiger charge is 2.73. The molecule has 2 atom stereocenters. The number of nitriles is 1. The van der Waals surface area contributed by atoms with E-state index in [1.165, 1.54) is 0 Å². The molecule has 2 fully saturated rings. The molecule has 0 aliphatic heterocycles. The fourth-order valence-corrected chi connectivity index (χ4v) is 4.68. The maximum atomic E-state index is 13.0. The van der Waals surface area contributed by atoms with E-state index in [4.69, 9.17) is 10.00 Å². The van der Waals surface area contributed by atoms with Crippen molar-refractivity contribution in [2.24, 2.45) is 16.7 Å². The van der Waals surface area contributed by atoms with Crippen LogP contribution in [0, 0.1) is 28.1 Å². The highest BCUT2D eigenvalue weighted by Crippen LogP contribution is 2.62. The van der Waals surface area contributed by atoms with Crippen LogP contribution in [0.4, 0.5) is 0 Å². The number of hydrogen-bond acceptors (Lipinski definition) is 5. The van der Waals surface area contributed by atoms with Crippen LogP contribution in [0.3, 0.4) is 0 Å². The fourth-order valence-electron chi connectivity index (χ4n) is 4.68. The van der Waals surface area contributed by atoms with E-state index in [9.17, 15) is 14.4 Å². The minimum absolute atomic E-state index is 0.336. The second kappa shape index (κ2) is 6.13. The van der Waals surface area contributed by atoms with Gasteiger partial charge in [-0.25, -0.2) is 0 Å². The molecular formula is C23H19NO4. The van der Waals surface area contributed by atoms with Gasteiger partial charge in [0.25, 0.3) is 0 Å². The third-order valence-corrected chi connectivity index (χ3v) is 6.47. The van der Waals surface area contributed by atoms with Gasteiger partial charge >= 0.3 is 5.97 Å². The van der Waals surface area contributed by atoms with E-state index in [1.807, 2.05) is 38.1 Å². The number of carbonyl (C=O) groups excluding carboxylic acids is 3. The maximum absolute atomic E-state index is 13.0. The number of fused-ring (bicyclic) bond motifs is 2. The summed E-state index contributed by atoms with van der Waals surface area (Å²) in [6, 6.07) is 16.2. The molecule has 28 heavy (non-hydrogen) atoms. The van der Waals surface area contributed by atoms with Gasteiger partial charge in [0, 0.05) is 5.92 Å². The van der Waals surface area contributed by atoms with Gasteiger partial charge in [-0.2, -0.15) is 5.26 Å². The number of carbonyl (C=O) groups is 3. The van der Waals surface area contributed by atoms with Crippen molar-refractivity contribution >= 4 is 17.5 Å². The van der Waals surface area contributed by atoms with Crippen molar-refractivity contribution in [1.29, 1.82) is 5.26 Å².